The van der Waals surface area contributed by atoms with Crippen LogP contribution in [-0.2, 0) is 4.74 Å². The zero-order valence-corrected chi connectivity index (χ0v) is 21.9. The second kappa shape index (κ2) is 11.1. The molecule has 9 heteroatoms. The predicted octanol–water partition coefficient (Wildman–Crippen LogP) is 5.82. The highest BCUT2D eigenvalue weighted by Crippen LogP contribution is 2.43. The van der Waals surface area contributed by atoms with E-state index in [0.29, 0.717) is 34.9 Å². The van der Waals surface area contributed by atoms with Crippen LogP contribution in [0.2, 0.25) is 0 Å². The molecule has 1 aliphatic rings. The molecule has 0 bridgehead atoms. The van der Waals surface area contributed by atoms with Crippen molar-refractivity contribution in [2.75, 3.05) is 24.7 Å². The van der Waals surface area contributed by atoms with Crippen molar-refractivity contribution in [3.8, 4) is 11.5 Å². The second-order valence-electron chi connectivity index (χ2n) is 8.90. The molecule has 1 atom stereocenters. The van der Waals surface area contributed by atoms with Gasteiger partial charge in [-0.25, -0.2) is 9.18 Å². The van der Waals surface area contributed by atoms with Crippen LogP contribution in [0.15, 0.2) is 82.5 Å². The number of esters is 1. The number of amides is 1. The van der Waals surface area contributed by atoms with Crippen molar-refractivity contribution in [3.05, 3.63) is 112 Å². The average Bonchev–Trinajstić information content (AvgIpc) is 3.25. The van der Waals surface area contributed by atoms with Gasteiger partial charge in [-0.3, -0.25) is 14.5 Å². The molecule has 3 aromatic carbocycles. The summed E-state index contributed by atoms with van der Waals surface area (Å²) in [5.74, 6) is -0.923. The maximum atomic E-state index is 14.1. The van der Waals surface area contributed by atoms with Crippen molar-refractivity contribution in [1.82, 2.24) is 0 Å². The first kappa shape index (κ1) is 26.7. The second-order valence-corrected chi connectivity index (χ2v) is 8.90. The molecule has 2 heterocycles. The van der Waals surface area contributed by atoms with Crippen LogP contribution in [0.5, 0.6) is 11.5 Å². The minimum absolute atomic E-state index is 0.0204. The van der Waals surface area contributed by atoms with Crippen molar-refractivity contribution in [2.45, 2.75) is 19.9 Å². The van der Waals surface area contributed by atoms with Crippen molar-refractivity contribution in [3.63, 3.8) is 0 Å². The summed E-state index contributed by atoms with van der Waals surface area (Å²) in [4.78, 5) is 41.2. The maximum Gasteiger partial charge on any atom is 0.338 e. The van der Waals surface area contributed by atoms with Gasteiger partial charge in [-0.2, -0.15) is 0 Å². The minimum atomic E-state index is -0.937. The molecule has 204 valence electrons. The van der Waals surface area contributed by atoms with Crippen LogP contribution in [0.1, 0.15) is 51.9 Å². The lowest BCUT2D eigenvalue weighted by Gasteiger charge is -2.26. The fourth-order valence-electron chi connectivity index (χ4n) is 4.73. The first-order chi connectivity index (χ1) is 19.4. The Morgan fingerprint density at radius 1 is 1.00 bits per heavy atom. The summed E-state index contributed by atoms with van der Waals surface area (Å²) < 4.78 is 36.6. The zero-order chi connectivity index (χ0) is 28.4. The van der Waals surface area contributed by atoms with Crippen LogP contribution in [-0.4, -0.2) is 31.7 Å². The summed E-state index contributed by atoms with van der Waals surface area (Å²) in [6.45, 7) is 8.02. The third-order valence-corrected chi connectivity index (χ3v) is 6.43. The van der Waals surface area contributed by atoms with Gasteiger partial charge in [0.15, 0.2) is 16.9 Å². The molecule has 0 saturated carbocycles. The highest BCUT2D eigenvalue weighted by Gasteiger charge is 2.44. The van der Waals surface area contributed by atoms with Gasteiger partial charge in [-0.1, -0.05) is 18.7 Å². The fourth-order valence-corrected chi connectivity index (χ4v) is 4.73. The summed E-state index contributed by atoms with van der Waals surface area (Å²) >= 11 is 0. The molecule has 0 aliphatic carbocycles. The number of carbonyl (C=O) groups is 2. The molecule has 0 radical (unpaired) electrons. The van der Waals surface area contributed by atoms with Crippen LogP contribution in [0.3, 0.4) is 0 Å². The molecule has 4 aromatic rings. The van der Waals surface area contributed by atoms with Crippen molar-refractivity contribution >= 4 is 28.5 Å². The number of carbonyl (C=O) groups excluding carboxylic acids is 2. The van der Waals surface area contributed by atoms with E-state index < -0.39 is 29.2 Å². The molecule has 40 heavy (non-hydrogen) atoms. The summed E-state index contributed by atoms with van der Waals surface area (Å²) in [7, 11) is 0. The Kier molecular flexibility index (Phi) is 7.37. The van der Waals surface area contributed by atoms with Crippen molar-refractivity contribution < 1.29 is 32.6 Å². The van der Waals surface area contributed by atoms with Crippen LogP contribution in [0.25, 0.3) is 11.0 Å². The van der Waals surface area contributed by atoms with E-state index in [-0.39, 0.29) is 35.5 Å². The van der Waals surface area contributed by atoms with Crippen LogP contribution in [0, 0.1) is 5.82 Å². The topological polar surface area (TPSA) is 95.3 Å². The number of nitrogens with zero attached hydrogens (tertiary/aromatic N) is 1. The molecule has 1 unspecified atom stereocenters. The Morgan fingerprint density at radius 3 is 2.48 bits per heavy atom. The summed E-state index contributed by atoms with van der Waals surface area (Å²) in [6.07, 6.45) is 1.60. The van der Waals surface area contributed by atoms with E-state index in [1.165, 1.54) is 11.0 Å². The molecule has 1 amide bonds. The molecule has 1 aromatic heterocycles. The SMILES string of the molecule is C=CCOc1ccc(C2c3c(oc4ccc(F)cc4c3=O)C(=O)N2c2ccc(C(=O)OCC)cc2)cc1OCC. The van der Waals surface area contributed by atoms with Crippen LogP contribution < -0.4 is 19.8 Å². The Balaban J connectivity index is 1.70. The Labute approximate surface area is 229 Å². The van der Waals surface area contributed by atoms with Crippen molar-refractivity contribution in [1.29, 1.82) is 0 Å². The van der Waals surface area contributed by atoms with Gasteiger partial charge in [0.2, 0.25) is 5.76 Å². The molecular formula is C31H26FNO7. The number of benzene rings is 3. The Hall–Kier alpha value is -4.92. The van der Waals surface area contributed by atoms with E-state index in [1.807, 2.05) is 6.92 Å². The number of fused-ring (bicyclic) bond motifs is 2. The van der Waals surface area contributed by atoms with Gasteiger partial charge >= 0.3 is 5.97 Å². The molecular weight excluding hydrogens is 517 g/mol. The molecule has 0 fully saturated rings. The third-order valence-electron chi connectivity index (χ3n) is 6.43. The van der Waals surface area contributed by atoms with E-state index >= 15 is 0 Å². The Bertz CT molecular complexity index is 1680. The molecule has 8 nitrogen and oxygen atoms in total. The average molecular weight is 544 g/mol. The fraction of sp³-hybridized carbons (Fsp3) is 0.194. The van der Waals surface area contributed by atoms with Crippen LogP contribution in [0.4, 0.5) is 10.1 Å². The molecule has 0 saturated heterocycles. The highest BCUT2D eigenvalue weighted by atomic mass is 19.1. The highest BCUT2D eigenvalue weighted by molar-refractivity contribution is 6.10. The summed E-state index contributed by atoms with van der Waals surface area (Å²) in [6, 6.07) is 14.0. The van der Waals surface area contributed by atoms with Gasteiger partial charge in [0.25, 0.3) is 5.91 Å². The normalized spacial score (nSPS) is 14.2. The number of anilines is 1. The largest absolute Gasteiger partial charge is 0.490 e. The van der Waals surface area contributed by atoms with Gasteiger partial charge in [0.05, 0.1) is 35.8 Å². The minimum Gasteiger partial charge on any atom is -0.490 e. The van der Waals surface area contributed by atoms with Crippen LogP contribution >= 0.6 is 0 Å². The lowest BCUT2D eigenvalue weighted by atomic mass is 9.97. The Morgan fingerprint density at radius 2 is 1.77 bits per heavy atom. The van der Waals surface area contributed by atoms with Gasteiger partial charge in [0, 0.05) is 5.69 Å². The van der Waals surface area contributed by atoms with E-state index in [4.69, 9.17) is 18.6 Å². The van der Waals surface area contributed by atoms with Gasteiger partial charge in [-0.05, 0) is 74.0 Å². The summed E-state index contributed by atoms with van der Waals surface area (Å²) in [5, 5.41) is 0.0204. The first-order valence-corrected chi connectivity index (χ1v) is 12.7. The number of halogens is 1. The maximum absolute atomic E-state index is 14.1. The standard InChI is InChI=1S/C31H26FNO7/c1-4-15-39-24-13-9-19(16-25(24)37-5-2)27-26-28(34)22-17-20(32)10-14-23(22)40-29(26)30(35)33(27)21-11-7-18(8-12-21)31(36)38-6-3/h4,7-14,16-17,27H,1,5-6,15H2,2-3H3. The van der Waals surface area contributed by atoms with E-state index in [1.54, 1.807) is 55.5 Å². The van der Waals surface area contributed by atoms with E-state index in [2.05, 4.69) is 6.58 Å². The van der Waals surface area contributed by atoms with Gasteiger partial charge < -0.3 is 18.6 Å². The molecule has 0 spiro atoms. The molecule has 0 N–H and O–H groups in total. The van der Waals surface area contributed by atoms with E-state index in [9.17, 15) is 18.8 Å². The quantitative estimate of drug-likeness (QED) is 0.194. The smallest absolute Gasteiger partial charge is 0.338 e. The summed E-state index contributed by atoms with van der Waals surface area (Å²) in [5.41, 5.74) is 0.904. The van der Waals surface area contributed by atoms with Gasteiger partial charge in [0.1, 0.15) is 18.0 Å². The van der Waals surface area contributed by atoms with Gasteiger partial charge in [-0.15, -0.1) is 0 Å². The number of hydrogen-bond donors (Lipinski definition) is 0. The van der Waals surface area contributed by atoms with E-state index in [0.717, 1.165) is 12.1 Å². The number of rotatable bonds is 9. The first-order valence-electron chi connectivity index (χ1n) is 12.7. The number of ether oxygens (including phenoxy) is 3. The zero-order valence-electron chi connectivity index (χ0n) is 21.9. The predicted molar refractivity (Wildman–Crippen MR) is 147 cm³/mol. The lowest BCUT2D eigenvalue weighted by molar-refractivity contribution is 0.0526. The monoisotopic (exact) mass is 543 g/mol. The third kappa shape index (κ3) is 4.70. The molecule has 5 rings (SSSR count). The number of hydrogen-bond acceptors (Lipinski definition) is 7. The van der Waals surface area contributed by atoms with Crippen molar-refractivity contribution in [2.24, 2.45) is 0 Å². The molecule has 1 aliphatic heterocycles. The lowest BCUT2D eigenvalue weighted by Crippen LogP contribution is -2.29.